The molecule has 0 spiro atoms. The minimum atomic E-state index is 0.366. The van der Waals surface area contributed by atoms with Gasteiger partial charge < -0.3 is 0 Å². The number of rotatable bonds is 3. The van der Waals surface area contributed by atoms with Gasteiger partial charge in [0.15, 0.2) is 11.6 Å². The molecule has 2 rings (SSSR count). The van der Waals surface area contributed by atoms with Gasteiger partial charge in [-0.1, -0.05) is 26.8 Å². The van der Waals surface area contributed by atoms with E-state index in [2.05, 4.69) is 35.8 Å². The summed E-state index contributed by atoms with van der Waals surface area (Å²) in [5, 5.41) is 4.44. The lowest BCUT2D eigenvalue weighted by Gasteiger charge is -2.10. The summed E-state index contributed by atoms with van der Waals surface area (Å²) < 4.78 is 1.72. The molecule has 0 aliphatic carbocycles. The molecule has 0 radical (unpaired) electrons. The van der Waals surface area contributed by atoms with Gasteiger partial charge in [0.1, 0.15) is 6.33 Å². The van der Waals surface area contributed by atoms with Gasteiger partial charge in [-0.2, -0.15) is 0 Å². The molecule has 1 atom stereocenters. The van der Waals surface area contributed by atoms with Crippen LogP contribution in [0, 0.1) is 5.92 Å². The third kappa shape index (κ3) is 2.10. The molecule has 2 heterocycles. The first-order valence-corrected chi connectivity index (χ1v) is 5.51. The molecule has 0 bridgehead atoms. The van der Waals surface area contributed by atoms with E-state index >= 15 is 0 Å². The summed E-state index contributed by atoms with van der Waals surface area (Å²) in [4.78, 5) is 8.55. The van der Waals surface area contributed by atoms with Crippen molar-refractivity contribution >= 4 is 0 Å². The second kappa shape index (κ2) is 4.43. The molecule has 0 saturated heterocycles. The fraction of sp³-hybridized carbons (Fsp3) is 0.417. The van der Waals surface area contributed by atoms with Crippen LogP contribution in [0.25, 0.3) is 5.82 Å². The second-order valence-corrected chi connectivity index (χ2v) is 4.27. The first-order chi connectivity index (χ1) is 7.68. The molecule has 0 fully saturated rings. The Kier molecular flexibility index (Phi) is 2.99. The Hall–Kier alpha value is -1.71. The van der Waals surface area contributed by atoms with Gasteiger partial charge in [0.05, 0.1) is 0 Å². The maximum absolute atomic E-state index is 4.44. The smallest absolute Gasteiger partial charge is 0.155 e. The van der Waals surface area contributed by atoms with E-state index in [1.165, 1.54) is 0 Å². The van der Waals surface area contributed by atoms with Crippen molar-refractivity contribution in [1.29, 1.82) is 0 Å². The molecule has 0 N–H and O–H groups in total. The quantitative estimate of drug-likeness (QED) is 0.791. The van der Waals surface area contributed by atoms with E-state index < -0.39 is 0 Å². The topological polar surface area (TPSA) is 43.6 Å². The van der Waals surface area contributed by atoms with Gasteiger partial charge in [-0.15, -0.1) is 5.10 Å². The van der Waals surface area contributed by atoms with E-state index in [1.807, 2.05) is 18.2 Å². The molecule has 4 nitrogen and oxygen atoms in total. The molecular formula is C12H16N4. The van der Waals surface area contributed by atoms with Crippen molar-refractivity contribution in [3.63, 3.8) is 0 Å². The lowest BCUT2D eigenvalue weighted by molar-refractivity contribution is 0.509. The zero-order chi connectivity index (χ0) is 11.5. The summed E-state index contributed by atoms with van der Waals surface area (Å²) in [6.07, 6.45) is 3.47. The van der Waals surface area contributed by atoms with Gasteiger partial charge in [-0.25, -0.2) is 14.6 Å². The highest BCUT2D eigenvalue weighted by molar-refractivity contribution is 5.19. The Morgan fingerprint density at radius 2 is 1.94 bits per heavy atom. The average Bonchev–Trinajstić information content (AvgIpc) is 2.78. The first kappa shape index (κ1) is 10.8. The zero-order valence-electron chi connectivity index (χ0n) is 9.83. The summed E-state index contributed by atoms with van der Waals surface area (Å²) in [6.45, 7) is 6.49. The van der Waals surface area contributed by atoms with Crippen LogP contribution in [0.5, 0.6) is 0 Å². The van der Waals surface area contributed by atoms with Crippen LogP contribution in [0.3, 0.4) is 0 Å². The van der Waals surface area contributed by atoms with Gasteiger partial charge in [-0.05, 0) is 18.1 Å². The minimum Gasteiger partial charge on any atom is -0.237 e. The second-order valence-electron chi connectivity index (χ2n) is 4.27. The summed E-state index contributed by atoms with van der Waals surface area (Å²) in [5.74, 6) is 2.59. The highest BCUT2D eigenvalue weighted by Crippen LogP contribution is 2.19. The molecule has 0 saturated carbocycles. The van der Waals surface area contributed by atoms with E-state index in [1.54, 1.807) is 17.2 Å². The van der Waals surface area contributed by atoms with Gasteiger partial charge in [0.2, 0.25) is 0 Å². The molecule has 2 aromatic heterocycles. The lowest BCUT2D eigenvalue weighted by atomic mass is 9.98. The number of nitrogens with zero attached hydrogens (tertiary/aromatic N) is 4. The molecule has 0 aromatic carbocycles. The third-order valence-electron chi connectivity index (χ3n) is 2.80. The van der Waals surface area contributed by atoms with Crippen molar-refractivity contribution < 1.29 is 0 Å². The van der Waals surface area contributed by atoms with Gasteiger partial charge >= 0.3 is 0 Å². The van der Waals surface area contributed by atoms with Gasteiger partial charge in [-0.3, -0.25) is 0 Å². The normalized spacial score (nSPS) is 13.0. The van der Waals surface area contributed by atoms with E-state index in [4.69, 9.17) is 0 Å². The number of hydrogen-bond donors (Lipinski definition) is 0. The molecular weight excluding hydrogens is 200 g/mol. The molecule has 2 aromatic rings. The van der Waals surface area contributed by atoms with Gasteiger partial charge in [0, 0.05) is 12.1 Å². The van der Waals surface area contributed by atoms with Crippen LogP contribution in [0.4, 0.5) is 0 Å². The predicted molar refractivity (Wildman–Crippen MR) is 62.4 cm³/mol. The fourth-order valence-electron chi connectivity index (χ4n) is 1.38. The fourth-order valence-corrected chi connectivity index (χ4v) is 1.38. The number of hydrogen-bond acceptors (Lipinski definition) is 3. The van der Waals surface area contributed by atoms with Crippen molar-refractivity contribution in [3.05, 3.63) is 36.5 Å². The standard InChI is InChI=1S/C12H16N4/c1-9(2)10(3)12-14-8-16(15-12)11-6-4-5-7-13-11/h4-10H,1-3H3. The SMILES string of the molecule is CC(C)C(C)c1ncn(-c2ccccn2)n1. The lowest BCUT2D eigenvalue weighted by Crippen LogP contribution is -2.05. The van der Waals surface area contributed by atoms with Crippen LogP contribution in [-0.2, 0) is 0 Å². The van der Waals surface area contributed by atoms with Crippen LogP contribution in [-0.4, -0.2) is 19.7 Å². The maximum atomic E-state index is 4.44. The van der Waals surface area contributed by atoms with Crippen LogP contribution < -0.4 is 0 Å². The van der Waals surface area contributed by atoms with Crippen molar-refractivity contribution in [2.75, 3.05) is 0 Å². The van der Waals surface area contributed by atoms with Crippen LogP contribution in [0.15, 0.2) is 30.7 Å². The molecule has 0 amide bonds. The van der Waals surface area contributed by atoms with E-state index in [9.17, 15) is 0 Å². The Balaban J connectivity index is 2.27. The van der Waals surface area contributed by atoms with E-state index in [0.29, 0.717) is 11.8 Å². The highest BCUT2D eigenvalue weighted by Gasteiger charge is 2.14. The molecule has 1 unspecified atom stereocenters. The largest absolute Gasteiger partial charge is 0.237 e. The third-order valence-corrected chi connectivity index (χ3v) is 2.80. The summed E-state index contributed by atoms with van der Waals surface area (Å²) in [6, 6.07) is 5.74. The first-order valence-electron chi connectivity index (χ1n) is 5.51. The Morgan fingerprint density at radius 1 is 1.12 bits per heavy atom. The maximum Gasteiger partial charge on any atom is 0.155 e. The van der Waals surface area contributed by atoms with Gasteiger partial charge in [0.25, 0.3) is 0 Å². The van der Waals surface area contributed by atoms with Crippen LogP contribution >= 0.6 is 0 Å². The molecule has 0 aliphatic rings. The van der Waals surface area contributed by atoms with Crippen molar-refractivity contribution in [2.24, 2.45) is 5.92 Å². The Bertz CT molecular complexity index is 447. The monoisotopic (exact) mass is 216 g/mol. The Labute approximate surface area is 95.4 Å². The summed E-state index contributed by atoms with van der Waals surface area (Å²) in [5.41, 5.74) is 0. The number of aromatic nitrogens is 4. The van der Waals surface area contributed by atoms with Crippen LogP contribution in [0.2, 0.25) is 0 Å². The van der Waals surface area contributed by atoms with Crippen molar-refractivity contribution in [1.82, 2.24) is 19.7 Å². The minimum absolute atomic E-state index is 0.366. The molecule has 4 heteroatoms. The zero-order valence-corrected chi connectivity index (χ0v) is 9.83. The molecule has 84 valence electrons. The highest BCUT2D eigenvalue weighted by atomic mass is 15.4. The summed E-state index contributed by atoms with van der Waals surface area (Å²) >= 11 is 0. The molecule has 0 aliphatic heterocycles. The molecule has 16 heavy (non-hydrogen) atoms. The Morgan fingerprint density at radius 3 is 2.56 bits per heavy atom. The van der Waals surface area contributed by atoms with Crippen LogP contribution in [0.1, 0.15) is 32.5 Å². The van der Waals surface area contributed by atoms with Crippen molar-refractivity contribution in [3.8, 4) is 5.82 Å². The van der Waals surface area contributed by atoms with E-state index in [-0.39, 0.29) is 0 Å². The average molecular weight is 216 g/mol. The van der Waals surface area contributed by atoms with Crippen molar-refractivity contribution in [2.45, 2.75) is 26.7 Å². The number of pyridine rings is 1. The summed E-state index contributed by atoms with van der Waals surface area (Å²) in [7, 11) is 0. The van der Waals surface area contributed by atoms with E-state index in [0.717, 1.165) is 11.6 Å². The predicted octanol–water partition coefficient (Wildman–Crippen LogP) is 2.42.